The van der Waals surface area contributed by atoms with Crippen LogP contribution in [0.1, 0.15) is 23.4 Å². The van der Waals surface area contributed by atoms with Crippen molar-refractivity contribution in [1.29, 1.82) is 0 Å². The Hall–Kier alpha value is -2.18. The van der Waals surface area contributed by atoms with Crippen molar-refractivity contribution in [2.45, 2.75) is 24.8 Å². The normalized spacial score (nSPS) is 19.3. The first kappa shape index (κ1) is 18.6. The molecular weight excluding hydrogens is 350 g/mol. The van der Waals surface area contributed by atoms with Gasteiger partial charge in [-0.2, -0.15) is 0 Å². The van der Waals surface area contributed by atoms with Gasteiger partial charge in [-0.25, -0.2) is 0 Å². The van der Waals surface area contributed by atoms with E-state index in [9.17, 15) is 4.79 Å². The van der Waals surface area contributed by atoms with Crippen molar-refractivity contribution in [2.24, 2.45) is 0 Å². The fraction of sp³-hybridized carbons (Fsp3) is 0.350. The van der Waals surface area contributed by atoms with Gasteiger partial charge in [0.1, 0.15) is 30.8 Å². The number of hydrogen-bond donors (Lipinski definition) is 2. The molecule has 2 N–H and O–H groups in total. The van der Waals surface area contributed by atoms with Gasteiger partial charge in [-0.05, 0) is 41.8 Å². The van der Waals surface area contributed by atoms with E-state index in [1.807, 2.05) is 36.4 Å². The summed E-state index contributed by atoms with van der Waals surface area (Å²) in [7, 11) is 0. The summed E-state index contributed by atoms with van der Waals surface area (Å²) in [6, 6.07) is 15.3. The Balaban J connectivity index is 1.47. The van der Waals surface area contributed by atoms with E-state index in [0.717, 1.165) is 23.5 Å². The summed E-state index contributed by atoms with van der Waals surface area (Å²) in [5.74, 6) is 1.35. The van der Waals surface area contributed by atoms with Crippen molar-refractivity contribution in [3.8, 4) is 11.5 Å². The van der Waals surface area contributed by atoms with Gasteiger partial charge in [-0.15, -0.1) is 11.8 Å². The molecule has 2 aromatic carbocycles. The first-order chi connectivity index (χ1) is 12.7. The SMILES string of the molecule is CCc1ccc(OCCOc2cccc(C3NC(C(=O)O)CS3)c2)cc1. The summed E-state index contributed by atoms with van der Waals surface area (Å²) in [6.07, 6.45) is 1.01. The van der Waals surface area contributed by atoms with E-state index < -0.39 is 12.0 Å². The van der Waals surface area contributed by atoms with Crippen LogP contribution >= 0.6 is 11.8 Å². The minimum absolute atomic E-state index is 0.0204. The quantitative estimate of drug-likeness (QED) is 0.691. The molecule has 2 aromatic rings. The van der Waals surface area contributed by atoms with E-state index in [-0.39, 0.29) is 5.37 Å². The lowest BCUT2D eigenvalue weighted by atomic mass is 10.2. The Morgan fingerprint density at radius 3 is 2.54 bits per heavy atom. The minimum atomic E-state index is -0.809. The smallest absolute Gasteiger partial charge is 0.321 e. The Labute approximate surface area is 157 Å². The lowest BCUT2D eigenvalue weighted by Crippen LogP contribution is -2.33. The molecule has 138 valence electrons. The Bertz CT molecular complexity index is 735. The molecule has 0 saturated carbocycles. The maximum absolute atomic E-state index is 11.1. The number of hydrogen-bond acceptors (Lipinski definition) is 5. The zero-order valence-corrected chi connectivity index (χ0v) is 15.5. The first-order valence-corrected chi connectivity index (χ1v) is 9.75. The molecule has 1 aliphatic heterocycles. The summed E-state index contributed by atoms with van der Waals surface area (Å²) < 4.78 is 11.5. The number of carboxylic acid groups (broad SMARTS) is 1. The minimum Gasteiger partial charge on any atom is -0.490 e. The molecule has 6 heteroatoms. The van der Waals surface area contributed by atoms with Gasteiger partial charge in [-0.3, -0.25) is 10.1 Å². The van der Waals surface area contributed by atoms with Gasteiger partial charge in [-0.1, -0.05) is 31.2 Å². The van der Waals surface area contributed by atoms with E-state index in [1.54, 1.807) is 11.8 Å². The van der Waals surface area contributed by atoms with Crippen LogP contribution in [0, 0.1) is 0 Å². The van der Waals surface area contributed by atoms with E-state index >= 15 is 0 Å². The van der Waals surface area contributed by atoms with Gasteiger partial charge >= 0.3 is 5.97 Å². The fourth-order valence-electron chi connectivity index (χ4n) is 2.71. The van der Waals surface area contributed by atoms with E-state index in [4.69, 9.17) is 14.6 Å². The number of nitrogens with one attached hydrogen (secondary N) is 1. The van der Waals surface area contributed by atoms with E-state index in [2.05, 4.69) is 24.4 Å². The number of thioether (sulfide) groups is 1. The molecule has 0 amide bonds. The van der Waals surface area contributed by atoms with Crippen molar-refractivity contribution in [3.63, 3.8) is 0 Å². The molecule has 1 saturated heterocycles. The molecule has 0 aromatic heterocycles. The highest BCUT2D eigenvalue weighted by Gasteiger charge is 2.30. The monoisotopic (exact) mass is 373 g/mol. The molecule has 0 radical (unpaired) electrons. The second-order valence-electron chi connectivity index (χ2n) is 6.04. The Morgan fingerprint density at radius 1 is 1.15 bits per heavy atom. The molecule has 0 bridgehead atoms. The van der Waals surface area contributed by atoms with Gasteiger partial charge in [0.2, 0.25) is 0 Å². The van der Waals surface area contributed by atoms with Crippen LogP contribution < -0.4 is 14.8 Å². The molecule has 5 nitrogen and oxygen atoms in total. The van der Waals surface area contributed by atoms with Crippen LogP contribution in [0.3, 0.4) is 0 Å². The predicted molar refractivity (Wildman–Crippen MR) is 103 cm³/mol. The van der Waals surface area contributed by atoms with Gasteiger partial charge in [0.15, 0.2) is 0 Å². The standard InChI is InChI=1S/C20H23NO4S/c1-2-14-6-8-16(9-7-14)24-10-11-25-17-5-3-4-15(12-17)19-21-18(13-26-19)20(22)23/h3-9,12,18-19,21H,2,10-11,13H2,1H3,(H,22,23). The summed E-state index contributed by atoms with van der Waals surface area (Å²) >= 11 is 1.60. The molecule has 2 unspecified atom stereocenters. The molecule has 2 atom stereocenters. The number of carboxylic acids is 1. The first-order valence-electron chi connectivity index (χ1n) is 8.70. The van der Waals surface area contributed by atoms with Crippen LogP contribution in [-0.4, -0.2) is 36.1 Å². The van der Waals surface area contributed by atoms with Crippen LogP contribution in [0.15, 0.2) is 48.5 Å². The van der Waals surface area contributed by atoms with Crippen LogP contribution in [0.5, 0.6) is 11.5 Å². The largest absolute Gasteiger partial charge is 0.490 e. The highest BCUT2D eigenvalue weighted by atomic mass is 32.2. The van der Waals surface area contributed by atoms with Crippen molar-refractivity contribution in [2.75, 3.05) is 19.0 Å². The van der Waals surface area contributed by atoms with E-state index in [0.29, 0.717) is 19.0 Å². The molecule has 1 aliphatic rings. The number of ether oxygens (including phenoxy) is 2. The van der Waals surface area contributed by atoms with Gasteiger partial charge in [0.25, 0.3) is 0 Å². The fourth-order valence-corrected chi connectivity index (χ4v) is 3.94. The second kappa shape index (κ2) is 8.96. The second-order valence-corrected chi connectivity index (χ2v) is 7.18. The van der Waals surface area contributed by atoms with Crippen molar-refractivity contribution in [3.05, 3.63) is 59.7 Å². The summed E-state index contributed by atoms with van der Waals surface area (Å²) in [4.78, 5) is 11.1. The molecule has 1 heterocycles. The Kier molecular flexibility index (Phi) is 6.41. The van der Waals surface area contributed by atoms with Crippen molar-refractivity contribution < 1.29 is 19.4 Å². The summed E-state index contributed by atoms with van der Waals surface area (Å²) in [5.41, 5.74) is 2.31. The maximum atomic E-state index is 11.1. The van der Waals surface area contributed by atoms with Crippen molar-refractivity contribution in [1.82, 2.24) is 5.32 Å². The Morgan fingerprint density at radius 2 is 1.88 bits per heavy atom. The average Bonchev–Trinajstić information content (AvgIpc) is 3.17. The number of benzene rings is 2. The molecule has 3 rings (SSSR count). The number of aryl methyl sites for hydroxylation is 1. The molecule has 0 aliphatic carbocycles. The summed E-state index contributed by atoms with van der Waals surface area (Å²) in [5, 5.41) is 12.2. The van der Waals surface area contributed by atoms with Crippen LogP contribution in [0.25, 0.3) is 0 Å². The number of aliphatic carboxylic acids is 1. The highest BCUT2D eigenvalue weighted by Crippen LogP contribution is 2.34. The molecule has 1 fully saturated rings. The maximum Gasteiger partial charge on any atom is 0.321 e. The van der Waals surface area contributed by atoms with Crippen LogP contribution in [-0.2, 0) is 11.2 Å². The van der Waals surface area contributed by atoms with Gasteiger partial charge < -0.3 is 14.6 Å². The summed E-state index contributed by atoms with van der Waals surface area (Å²) in [6.45, 7) is 3.04. The van der Waals surface area contributed by atoms with Gasteiger partial charge in [0.05, 0.1) is 5.37 Å². The third-order valence-corrected chi connectivity index (χ3v) is 5.46. The molecule has 26 heavy (non-hydrogen) atoms. The predicted octanol–water partition coefficient (Wildman–Crippen LogP) is 3.50. The van der Waals surface area contributed by atoms with Gasteiger partial charge in [0, 0.05) is 5.75 Å². The van der Waals surface area contributed by atoms with Crippen LogP contribution in [0.4, 0.5) is 0 Å². The number of carbonyl (C=O) groups is 1. The van der Waals surface area contributed by atoms with Crippen LogP contribution in [0.2, 0.25) is 0 Å². The third-order valence-electron chi connectivity index (χ3n) is 4.19. The van der Waals surface area contributed by atoms with E-state index in [1.165, 1.54) is 5.56 Å². The molecule has 0 spiro atoms. The topological polar surface area (TPSA) is 67.8 Å². The third kappa shape index (κ3) is 4.93. The molecular formula is C20H23NO4S. The highest BCUT2D eigenvalue weighted by molar-refractivity contribution is 7.99. The average molecular weight is 373 g/mol. The zero-order chi connectivity index (χ0) is 18.4. The zero-order valence-electron chi connectivity index (χ0n) is 14.7. The number of rotatable bonds is 8. The lowest BCUT2D eigenvalue weighted by molar-refractivity contribution is -0.138. The lowest BCUT2D eigenvalue weighted by Gasteiger charge is -2.13. The van der Waals surface area contributed by atoms with Crippen molar-refractivity contribution >= 4 is 17.7 Å².